The third-order valence-corrected chi connectivity index (χ3v) is 8.05. The number of ether oxygens (including phenoxy) is 2. The monoisotopic (exact) mass is 472 g/mol. The molecule has 0 unspecified atom stereocenters. The van der Waals surface area contributed by atoms with Crippen LogP contribution in [-0.2, 0) is 28.7 Å². The Morgan fingerprint density at radius 2 is 1.03 bits per heavy atom. The van der Waals surface area contributed by atoms with Crippen molar-refractivity contribution in [1.82, 2.24) is 10.6 Å². The van der Waals surface area contributed by atoms with E-state index in [9.17, 15) is 19.2 Å². The molecule has 0 atom stereocenters. The fourth-order valence-electron chi connectivity index (χ4n) is 5.93. The SMILES string of the molecule is CC1=C(C(=O)NCCCCNC(=O)C2=C(C)C3(CCCCC3)OC2=O)C(=O)OC12CCCCC2. The zero-order valence-electron chi connectivity index (χ0n) is 20.3. The lowest BCUT2D eigenvalue weighted by molar-refractivity contribution is -0.151. The molecule has 2 fully saturated rings. The highest BCUT2D eigenvalue weighted by Crippen LogP contribution is 2.44. The predicted molar refractivity (Wildman–Crippen MR) is 124 cm³/mol. The summed E-state index contributed by atoms with van der Waals surface area (Å²) in [6.07, 6.45) is 10.7. The van der Waals surface area contributed by atoms with Crippen molar-refractivity contribution in [2.24, 2.45) is 0 Å². The molecule has 2 aliphatic carbocycles. The van der Waals surface area contributed by atoms with E-state index in [0.29, 0.717) is 25.9 Å². The van der Waals surface area contributed by atoms with Gasteiger partial charge in [-0.2, -0.15) is 0 Å². The van der Waals surface area contributed by atoms with E-state index in [1.807, 2.05) is 13.8 Å². The summed E-state index contributed by atoms with van der Waals surface area (Å²) < 4.78 is 11.3. The first-order valence-corrected chi connectivity index (χ1v) is 12.8. The first-order chi connectivity index (χ1) is 16.3. The second-order valence-corrected chi connectivity index (χ2v) is 10.1. The molecule has 2 aliphatic heterocycles. The first kappa shape index (κ1) is 24.5. The molecule has 0 aromatic carbocycles. The van der Waals surface area contributed by atoms with Crippen LogP contribution in [0.15, 0.2) is 22.3 Å². The Bertz CT molecular complexity index is 859. The summed E-state index contributed by atoms with van der Waals surface area (Å²) in [6.45, 7) is 4.45. The minimum Gasteiger partial charge on any atom is -0.451 e. The molecule has 2 N–H and O–H groups in total. The molecule has 8 nitrogen and oxygen atoms in total. The van der Waals surface area contributed by atoms with E-state index >= 15 is 0 Å². The van der Waals surface area contributed by atoms with Gasteiger partial charge in [-0.25, -0.2) is 9.59 Å². The van der Waals surface area contributed by atoms with Gasteiger partial charge in [0.15, 0.2) is 0 Å². The van der Waals surface area contributed by atoms with Crippen molar-refractivity contribution in [2.75, 3.05) is 13.1 Å². The van der Waals surface area contributed by atoms with Crippen LogP contribution in [0.2, 0.25) is 0 Å². The maximum Gasteiger partial charge on any atom is 0.344 e. The summed E-state index contributed by atoms with van der Waals surface area (Å²) in [5, 5.41) is 5.62. The molecule has 2 saturated carbocycles. The molecule has 2 spiro atoms. The summed E-state index contributed by atoms with van der Waals surface area (Å²) >= 11 is 0. The van der Waals surface area contributed by atoms with Crippen molar-refractivity contribution in [1.29, 1.82) is 0 Å². The van der Waals surface area contributed by atoms with E-state index < -0.39 is 23.1 Å². The van der Waals surface area contributed by atoms with Gasteiger partial charge in [0.25, 0.3) is 11.8 Å². The van der Waals surface area contributed by atoms with Crippen LogP contribution in [0, 0.1) is 0 Å². The second-order valence-electron chi connectivity index (χ2n) is 10.1. The highest BCUT2D eigenvalue weighted by molar-refractivity contribution is 6.19. The number of esters is 2. The third-order valence-electron chi connectivity index (χ3n) is 8.05. The van der Waals surface area contributed by atoms with E-state index in [1.165, 1.54) is 0 Å². The second kappa shape index (κ2) is 9.92. The number of carbonyl (C=O) groups excluding carboxylic acids is 4. The molecule has 0 radical (unpaired) electrons. The fraction of sp³-hybridized carbons (Fsp3) is 0.692. The van der Waals surface area contributed by atoms with Crippen molar-refractivity contribution in [3.8, 4) is 0 Å². The number of nitrogens with one attached hydrogen (secondary N) is 2. The van der Waals surface area contributed by atoms with Crippen molar-refractivity contribution in [3.63, 3.8) is 0 Å². The number of hydrogen-bond acceptors (Lipinski definition) is 6. The molecule has 4 aliphatic rings. The highest BCUT2D eigenvalue weighted by atomic mass is 16.6. The minimum atomic E-state index is -0.587. The Morgan fingerprint density at radius 3 is 1.38 bits per heavy atom. The molecule has 8 heteroatoms. The summed E-state index contributed by atoms with van der Waals surface area (Å²) in [5.41, 5.74) is 0.630. The zero-order valence-corrected chi connectivity index (χ0v) is 20.3. The Balaban J connectivity index is 1.22. The van der Waals surface area contributed by atoms with Crippen LogP contribution in [0.25, 0.3) is 0 Å². The van der Waals surface area contributed by atoms with Crippen LogP contribution in [0.4, 0.5) is 0 Å². The lowest BCUT2D eigenvalue weighted by Crippen LogP contribution is -2.33. The molecular formula is C26H36N2O6. The standard InChI is InChI=1S/C26H36N2O6/c1-17-19(23(31)33-25(17)11-5-3-6-12-25)21(29)27-15-9-10-16-28-22(30)20-18(2)26(34-24(20)32)13-7-4-8-14-26/h3-16H2,1-2H3,(H,27,29)(H,28,30). The van der Waals surface area contributed by atoms with Gasteiger partial charge in [0.05, 0.1) is 0 Å². The Hall–Kier alpha value is -2.64. The van der Waals surface area contributed by atoms with Crippen LogP contribution in [0.3, 0.4) is 0 Å². The van der Waals surface area contributed by atoms with E-state index in [1.54, 1.807) is 0 Å². The molecule has 186 valence electrons. The summed E-state index contributed by atoms with van der Waals surface area (Å²) in [6, 6.07) is 0. The minimum absolute atomic E-state index is 0.147. The largest absolute Gasteiger partial charge is 0.451 e. The summed E-state index contributed by atoms with van der Waals surface area (Å²) in [4.78, 5) is 50.0. The van der Waals surface area contributed by atoms with Gasteiger partial charge in [-0.15, -0.1) is 0 Å². The van der Waals surface area contributed by atoms with Crippen molar-refractivity contribution in [3.05, 3.63) is 22.3 Å². The smallest absolute Gasteiger partial charge is 0.344 e. The van der Waals surface area contributed by atoms with Gasteiger partial charge in [-0.05, 0) is 89.2 Å². The topological polar surface area (TPSA) is 111 Å². The van der Waals surface area contributed by atoms with Gasteiger partial charge in [0.1, 0.15) is 22.3 Å². The summed E-state index contributed by atoms with van der Waals surface area (Å²) in [5.74, 6) is -1.82. The van der Waals surface area contributed by atoms with Crippen LogP contribution in [0.5, 0.6) is 0 Å². The lowest BCUT2D eigenvalue weighted by atomic mass is 9.79. The summed E-state index contributed by atoms with van der Waals surface area (Å²) in [7, 11) is 0. The maximum absolute atomic E-state index is 12.6. The zero-order chi connectivity index (χ0) is 24.3. The average Bonchev–Trinajstić information content (AvgIpc) is 3.19. The van der Waals surface area contributed by atoms with E-state index in [2.05, 4.69) is 10.6 Å². The van der Waals surface area contributed by atoms with Gasteiger partial charge in [0, 0.05) is 13.1 Å². The Morgan fingerprint density at radius 1 is 0.676 bits per heavy atom. The number of rotatable bonds is 7. The van der Waals surface area contributed by atoms with Gasteiger partial charge in [-0.3, -0.25) is 9.59 Å². The van der Waals surface area contributed by atoms with E-state index in [-0.39, 0.29) is 23.0 Å². The quantitative estimate of drug-likeness (QED) is 0.335. The van der Waals surface area contributed by atoms with Crippen LogP contribution in [-0.4, -0.2) is 48.0 Å². The lowest BCUT2D eigenvalue weighted by Gasteiger charge is -2.33. The van der Waals surface area contributed by atoms with Crippen LogP contribution >= 0.6 is 0 Å². The number of hydrogen-bond donors (Lipinski definition) is 2. The van der Waals surface area contributed by atoms with Crippen LogP contribution < -0.4 is 10.6 Å². The molecule has 2 heterocycles. The van der Waals surface area contributed by atoms with E-state index in [4.69, 9.17) is 9.47 Å². The highest BCUT2D eigenvalue weighted by Gasteiger charge is 2.48. The van der Waals surface area contributed by atoms with Crippen LogP contribution in [0.1, 0.15) is 90.9 Å². The van der Waals surface area contributed by atoms with Gasteiger partial charge in [-0.1, -0.05) is 12.8 Å². The third kappa shape index (κ3) is 4.51. The van der Waals surface area contributed by atoms with Crippen molar-refractivity contribution >= 4 is 23.8 Å². The van der Waals surface area contributed by atoms with Crippen molar-refractivity contribution < 1.29 is 28.7 Å². The van der Waals surface area contributed by atoms with Gasteiger partial charge in [0.2, 0.25) is 0 Å². The normalized spacial score (nSPS) is 23.4. The molecule has 34 heavy (non-hydrogen) atoms. The average molecular weight is 473 g/mol. The number of carbonyl (C=O) groups is 4. The number of unbranched alkanes of at least 4 members (excludes halogenated alkanes) is 1. The molecule has 0 bridgehead atoms. The Labute approximate surface area is 200 Å². The number of amides is 2. The first-order valence-electron chi connectivity index (χ1n) is 12.8. The molecule has 0 aromatic heterocycles. The molecule has 2 amide bonds. The predicted octanol–water partition coefficient (Wildman–Crippen LogP) is 3.15. The fourth-order valence-corrected chi connectivity index (χ4v) is 5.93. The molecule has 0 saturated heterocycles. The Kier molecular flexibility index (Phi) is 7.14. The molecular weight excluding hydrogens is 436 g/mol. The van der Waals surface area contributed by atoms with Crippen molar-refractivity contribution in [2.45, 2.75) is 102 Å². The molecule has 4 rings (SSSR count). The molecule has 0 aromatic rings. The maximum atomic E-state index is 12.6. The van der Waals surface area contributed by atoms with Gasteiger partial charge >= 0.3 is 11.9 Å². The van der Waals surface area contributed by atoms with Gasteiger partial charge < -0.3 is 20.1 Å². The van der Waals surface area contributed by atoms with E-state index in [0.717, 1.165) is 75.4 Å².